The van der Waals surface area contributed by atoms with Crippen molar-refractivity contribution in [2.75, 3.05) is 17.2 Å². The minimum atomic E-state index is -0.276. The van der Waals surface area contributed by atoms with Crippen LogP contribution in [0.4, 0.5) is 16.3 Å². The summed E-state index contributed by atoms with van der Waals surface area (Å²) in [6.45, 7) is 3.68. The van der Waals surface area contributed by atoms with Crippen molar-refractivity contribution in [1.29, 1.82) is 0 Å². The Balaban J connectivity index is 1.67. The fourth-order valence-corrected chi connectivity index (χ4v) is 2.25. The number of carbonyl (C=O) groups is 1. The second-order valence-corrected chi connectivity index (χ2v) is 4.90. The second kappa shape index (κ2) is 5.34. The number of aromatic amines is 1. The zero-order chi connectivity index (χ0) is 13.9. The van der Waals surface area contributed by atoms with Crippen LogP contribution >= 0.6 is 0 Å². The van der Waals surface area contributed by atoms with Gasteiger partial charge in [0.15, 0.2) is 5.82 Å². The van der Waals surface area contributed by atoms with Crippen molar-refractivity contribution < 1.29 is 4.79 Å². The first-order valence-electron chi connectivity index (χ1n) is 6.64. The second-order valence-electron chi connectivity index (χ2n) is 4.90. The third-order valence-corrected chi connectivity index (χ3v) is 3.35. The minimum Gasteiger partial charge on any atom is -0.311 e. The van der Waals surface area contributed by atoms with Crippen LogP contribution in [0.25, 0.3) is 0 Å². The molecule has 0 aliphatic carbocycles. The number of carbonyl (C=O) groups excluding carboxylic acids is 1. The van der Waals surface area contributed by atoms with Gasteiger partial charge in [-0.2, -0.15) is 5.10 Å². The van der Waals surface area contributed by atoms with Crippen LogP contribution in [0.15, 0.2) is 24.3 Å². The van der Waals surface area contributed by atoms with E-state index in [1.54, 1.807) is 0 Å². The molecule has 6 heteroatoms. The zero-order valence-corrected chi connectivity index (χ0v) is 11.3. The SMILES string of the molecule is Cc1ccc(NC(=O)Nc2n[nH]c3c2CCNC3)cc1. The van der Waals surface area contributed by atoms with Crippen LogP contribution in [0.3, 0.4) is 0 Å². The number of rotatable bonds is 2. The predicted molar refractivity (Wildman–Crippen MR) is 77.8 cm³/mol. The van der Waals surface area contributed by atoms with Gasteiger partial charge in [0.05, 0.1) is 5.69 Å². The Labute approximate surface area is 117 Å². The maximum Gasteiger partial charge on any atom is 0.324 e. The maximum atomic E-state index is 12.0. The number of urea groups is 1. The quantitative estimate of drug-likeness (QED) is 0.674. The lowest BCUT2D eigenvalue weighted by Gasteiger charge is -2.13. The van der Waals surface area contributed by atoms with E-state index in [2.05, 4.69) is 26.1 Å². The van der Waals surface area contributed by atoms with Gasteiger partial charge >= 0.3 is 6.03 Å². The normalized spacial score (nSPS) is 13.7. The monoisotopic (exact) mass is 271 g/mol. The van der Waals surface area contributed by atoms with Gasteiger partial charge in [-0.1, -0.05) is 17.7 Å². The molecule has 0 unspecified atom stereocenters. The summed E-state index contributed by atoms with van der Waals surface area (Å²) in [4.78, 5) is 12.0. The summed E-state index contributed by atoms with van der Waals surface area (Å²) in [6, 6.07) is 7.38. The highest BCUT2D eigenvalue weighted by Crippen LogP contribution is 2.20. The molecule has 6 nitrogen and oxygen atoms in total. The number of nitrogens with one attached hydrogen (secondary N) is 4. The zero-order valence-electron chi connectivity index (χ0n) is 11.3. The van der Waals surface area contributed by atoms with Crippen molar-refractivity contribution >= 4 is 17.5 Å². The maximum absolute atomic E-state index is 12.0. The Bertz CT molecular complexity index is 617. The molecule has 0 bridgehead atoms. The third-order valence-electron chi connectivity index (χ3n) is 3.35. The van der Waals surface area contributed by atoms with Crippen molar-refractivity contribution in [1.82, 2.24) is 15.5 Å². The highest BCUT2D eigenvalue weighted by atomic mass is 16.2. The van der Waals surface area contributed by atoms with E-state index in [0.29, 0.717) is 5.82 Å². The first-order chi connectivity index (χ1) is 9.72. The molecule has 20 heavy (non-hydrogen) atoms. The molecule has 2 aromatic rings. The van der Waals surface area contributed by atoms with Crippen LogP contribution in [-0.2, 0) is 13.0 Å². The third kappa shape index (κ3) is 2.65. The summed E-state index contributed by atoms with van der Waals surface area (Å²) in [5.74, 6) is 0.617. The van der Waals surface area contributed by atoms with Crippen LogP contribution in [0.5, 0.6) is 0 Å². The molecule has 1 aliphatic rings. The fourth-order valence-electron chi connectivity index (χ4n) is 2.25. The molecule has 1 aliphatic heterocycles. The van der Waals surface area contributed by atoms with Gasteiger partial charge in [0.2, 0.25) is 0 Å². The lowest BCUT2D eigenvalue weighted by Crippen LogP contribution is -2.25. The summed E-state index contributed by atoms with van der Waals surface area (Å²) in [6.07, 6.45) is 0.867. The molecular formula is C14H17N5O. The smallest absolute Gasteiger partial charge is 0.311 e. The number of aromatic nitrogens is 2. The van der Waals surface area contributed by atoms with E-state index in [0.717, 1.165) is 42.0 Å². The van der Waals surface area contributed by atoms with Crippen LogP contribution in [0, 0.1) is 6.92 Å². The topological polar surface area (TPSA) is 81.8 Å². The van der Waals surface area contributed by atoms with Crippen LogP contribution in [-0.4, -0.2) is 22.8 Å². The molecule has 0 saturated carbocycles. The minimum absolute atomic E-state index is 0.276. The number of hydrogen-bond acceptors (Lipinski definition) is 3. The molecule has 1 aromatic heterocycles. The van der Waals surface area contributed by atoms with E-state index in [9.17, 15) is 4.79 Å². The highest BCUT2D eigenvalue weighted by Gasteiger charge is 2.17. The van der Waals surface area contributed by atoms with Crippen LogP contribution in [0.2, 0.25) is 0 Å². The summed E-state index contributed by atoms with van der Waals surface area (Å²) in [7, 11) is 0. The summed E-state index contributed by atoms with van der Waals surface area (Å²) in [5, 5.41) is 15.9. The lowest BCUT2D eigenvalue weighted by atomic mass is 10.1. The molecule has 0 atom stereocenters. The van der Waals surface area contributed by atoms with Crippen molar-refractivity contribution in [2.45, 2.75) is 19.9 Å². The van der Waals surface area contributed by atoms with Gasteiger partial charge in [-0.3, -0.25) is 10.4 Å². The number of H-pyrrole nitrogens is 1. The van der Waals surface area contributed by atoms with Gasteiger partial charge in [0, 0.05) is 17.8 Å². The Morgan fingerprint density at radius 1 is 1.25 bits per heavy atom. The summed E-state index contributed by atoms with van der Waals surface area (Å²) >= 11 is 0. The van der Waals surface area contributed by atoms with E-state index in [-0.39, 0.29) is 6.03 Å². The van der Waals surface area contributed by atoms with Crippen molar-refractivity contribution in [3.8, 4) is 0 Å². The van der Waals surface area contributed by atoms with Crippen molar-refractivity contribution in [3.63, 3.8) is 0 Å². The molecule has 3 rings (SSSR count). The Hall–Kier alpha value is -2.34. The van der Waals surface area contributed by atoms with Crippen molar-refractivity contribution in [3.05, 3.63) is 41.1 Å². The molecule has 0 radical (unpaired) electrons. The molecule has 0 fully saturated rings. The highest BCUT2D eigenvalue weighted by molar-refractivity contribution is 5.99. The van der Waals surface area contributed by atoms with E-state index in [4.69, 9.17) is 0 Å². The molecule has 0 saturated heterocycles. The summed E-state index contributed by atoms with van der Waals surface area (Å²) in [5.41, 5.74) is 4.05. The number of anilines is 2. The molecule has 1 aromatic carbocycles. The van der Waals surface area contributed by atoms with E-state index in [1.807, 2.05) is 31.2 Å². The van der Waals surface area contributed by atoms with Gasteiger partial charge in [0.25, 0.3) is 0 Å². The first kappa shape index (κ1) is 12.7. The molecule has 2 amide bonds. The Morgan fingerprint density at radius 2 is 2.05 bits per heavy atom. The van der Waals surface area contributed by atoms with Gasteiger partial charge in [-0.15, -0.1) is 0 Å². The number of hydrogen-bond donors (Lipinski definition) is 4. The number of aryl methyl sites for hydroxylation is 1. The Kier molecular flexibility index (Phi) is 3.39. The van der Waals surface area contributed by atoms with Gasteiger partial charge in [-0.25, -0.2) is 4.79 Å². The first-order valence-corrected chi connectivity index (χ1v) is 6.64. The average molecular weight is 271 g/mol. The summed E-state index contributed by atoms with van der Waals surface area (Å²) < 4.78 is 0. The lowest BCUT2D eigenvalue weighted by molar-refractivity contribution is 0.262. The number of nitrogens with zero attached hydrogens (tertiary/aromatic N) is 1. The molecule has 4 N–H and O–H groups in total. The standard InChI is InChI=1S/C14H17N5O/c1-9-2-4-10(5-3-9)16-14(20)17-13-11-6-7-15-8-12(11)18-19-13/h2-5,15H,6-8H2,1H3,(H3,16,17,18,19,20). The van der Waals surface area contributed by atoms with Crippen LogP contribution in [0.1, 0.15) is 16.8 Å². The fraction of sp³-hybridized carbons (Fsp3) is 0.286. The largest absolute Gasteiger partial charge is 0.324 e. The van der Waals surface area contributed by atoms with Crippen LogP contribution < -0.4 is 16.0 Å². The molecule has 104 valence electrons. The van der Waals surface area contributed by atoms with E-state index < -0.39 is 0 Å². The van der Waals surface area contributed by atoms with Crippen molar-refractivity contribution in [2.24, 2.45) is 0 Å². The Morgan fingerprint density at radius 3 is 2.85 bits per heavy atom. The van der Waals surface area contributed by atoms with Gasteiger partial charge in [0.1, 0.15) is 0 Å². The number of amides is 2. The molecule has 0 spiro atoms. The molecule has 2 heterocycles. The molecular weight excluding hydrogens is 254 g/mol. The van der Waals surface area contributed by atoms with Gasteiger partial charge < -0.3 is 10.6 Å². The van der Waals surface area contributed by atoms with E-state index in [1.165, 1.54) is 0 Å². The number of fused-ring (bicyclic) bond motifs is 1. The number of benzene rings is 1. The van der Waals surface area contributed by atoms with Gasteiger partial charge in [-0.05, 0) is 32.0 Å². The predicted octanol–water partition coefficient (Wildman–Crippen LogP) is 2.01. The van der Waals surface area contributed by atoms with E-state index >= 15 is 0 Å². The average Bonchev–Trinajstić information content (AvgIpc) is 2.85.